The third-order valence-corrected chi connectivity index (χ3v) is 4.71. The van der Waals surface area contributed by atoms with E-state index in [2.05, 4.69) is 5.32 Å². The number of hydrogen-bond acceptors (Lipinski definition) is 2. The average molecular weight is 384 g/mol. The van der Waals surface area contributed by atoms with E-state index in [1.165, 1.54) is 4.90 Å². The highest BCUT2D eigenvalue weighted by molar-refractivity contribution is 6.36. The molecule has 7 heteroatoms. The lowest BCUT2D eigenvalue weighted by Crippen LogP contribution is -2.28. The molecule has 1 heterocycles. The summed E-state index contributed by atoms with van der Waals surface area (Å²) in [5.41, 5.74) is 1.04. The van der Waals surface area contributed by atoms with Crippen molar-refractivity contribution in [2.75, 3.05) is 16.8 Å². The molecular formula is C17H13Cl3N2O2. The lowest BCUT2D eigenvalue weighted by atomic mass is 10.1. The molecule has 0 unspecified atom stereocenters. The van der Waals surface area contributed by atoms with Crippen molar-refractivity contribution >= 4 is 58.0 Å². The van der Waals surface area contributed by atoms with Crippen molar-refractivity contribution in [2.45, 2.75) is 6.42 Å². The second-order valence-corrected chi connectivity index (χ2v) is 6.72. The zero-order valence-corrected chi connectivity index (χ0v) is 14.7. The molecule has 3 rings (SSSR count). The first kappa shape index (κ1) is 17.1. The van der Waals surface area contributed by atoms with Crippen LogP contribution in [0.3, 0.4) is 0 Å². The Balaban J connectivity index is 1.75. The Morgan fingerprint density at radius 3 is 2.58 bits per heavy atom. The topological polar surface area (TPSA) is 49.4 Å². The predicted molar refractivity (Wildman–Crippen MR) is 97.0 cm³/mol. The zero-order valence-electron chi connectivity index (χ0n) is 12.4. The van der Waals surface area contributed by atoms with Crippen LogP contribution in [0.1, 0.15) is 6.42 Å². The summed E-state index contributed by atoms with van der Waals surface area (Å²) in [7, 11) is 0. The van der Waals surface area contributed by atoms with Gasteiger partial charge < -0.3 is 10.2 Å². The minimum atomic E-state index is -0.483. The van der Waals surface area contributed by atoms with Crippen molar-refractivity contribution in [2.24, 2.45) is 5.92 Å². The number of rotatable bonds is 3. The molecule has 0 saturated carbocycles. The standard InChI is InChI=1S/C17H13Cl3N2O2/c18-11-5-6-12(19)14(8-11)21-17(24)10-7-16(23)22(9-10)15-4-2-1-3-13(15)20/h1-6,8,10H,7,9H2,(H,21,24)/t10-/m1/s1. The van der Waals surface area contributed by atoms with Gasteiger partial charge in [-0.05, 0) is 30.3 Å². The number of anilines is 2. The molecule has 1 aliphatic heterocycles. The van der Waals surface area contributed by atoms with Crippen LogP contribution in [0, 0.1) is 5.92 Å². The quantitative estimate of drug-likeness (QED) is 0.839. The van der Waals surface area contributed by atoms with Crippen LogP contribution in [-0.2, 0) is 9.59 Å². The number of nitrogens with zero attached hydrogens (tertiary/aromatic N) is 1. The Morgan fingerprint density at radius 2 is 1.83 bits per heavy atom. The molecule has 1 saturated heterocycles. The molecule has 1 aliphatic rings. The first-order valence-corrected chi connectivity index (χ1v) is 8.40. The molecule has 2 aromatic rings. The summed E-state index contributed by atoms with van der Waals surface area (Å²) in [6, 6.07) is 11.9. The summed E-state index contributed by atoms with van der Waals surface area (Å²) >= 11 is 18.1. The van der Waals surface area contributed by atoms with Crippen molar-refractivity contribution < 1.29 is 9.59 Å². The van der Waals surface area contributed by atoms with Crippen LogP contribution >= 0.6 is 34.8 Å². The van der Waals surface area contributed by atoms with E-state index in [9.17, 15) is 9.59 Å². The van der Waals surface area contributed by atoms with Gasteiger partial charge in [0.05, 0.1) is 27.3 Å². The summed E-state index contributed by atoms with van der Waals surface area (Å²) in [4.78, 5) is 26.3. The number of para-hydroxylation sites is 1. The fraction of sp³-hybridized carbons (Fsp3) is 0.176. The number of carbonyl (C=O) groups excluding carboxylic acids is 2. The van der Waals surface area contributed by atoms with Crippen LogP contribution in [0.2, 0.25) is 15.1 Å². The largest absolute Gasteiger partial charge is 0.324 e. The van der Waals surface area contributed by atoms with Gasteiger partial charge in [0.25, 0.3) is 0 Å². The molecule has 0 spiro atoms. The van der Waals surface area contributed by atoms with Gasteiger partial charge in [0.15, 0.2) is 0 Å². The third-order valence-electron chi connectivity index (χ3n) is 3.83. The monoisotopic (exact) mass is 382 g/mol. The van der Waals surface area contributed by atoms with Crippen LogP contribution in [0.15, 0.2) is 42.5 Å². The summed E-state index contributed by atoms with van der Waals surface area (Å²) < 4.78 is 0. The fourth-order valence-electron chi connectivity index (χ4n) is 2.61. The molecule has 1 N–H and O–H groups in total. The van der Waals surface area contributed by atoms with Crippen LogP contribution in [0.5, 0.6) is 0 Å². The maximum absolute atomic E-state index is 12.5. The average Bonchev–Trinajstić information content (AvgIpc) is 2.93. The van der Waals surface area contributed by atoms with Crippen molar-refractivity contribution in [1.82, 2.24) is 0 Å². The Hall–Kier alpha value is -1.75. The van der Waals surface area contributed by atoms with Crippen LogP contribution < -0.4 is 10.2 Å². The molecule has 0 aliphatic carbocycles. The van der Waals surface area contributed by atoms with Gasteiger partial charge >= 0.3 is 0 Å². The zero-order chi connectivity index (χ0) is 17.3. The second-order valence-electron chi connectivity index (χ2n) is 5.47. The Bertz CT molecular complexity index is 810. The van der Waals surface area contributed by atoms with E-state index in [0.29, 0.717) is 26.4 Å². The predicted octanol–water partition coefficient (Wildman–Crippen LogP) is 4.64. The SMILES string of the molecule is O=C(Nc1cc(Cl)ccc1Cl)[C@@H]1CC(=O)N(c2ccccc2Cl)C1. The molecular weight excluding hydrogens is 371 g/mol. The first-order chi connectivity index (χ1) is 11.5. The van der Waals surface area contributed by atoms with Crippen molar-refractivity contribution in [1.29, 1.82) is 0 Å². The molecule has 1 fully saturated rings. The molecule has 2 aromatic carbocycles. The first-order valence-electron chi connectivity index (χ1n) is 7.26. The van der Waals surface area contributed by atoms with Gasteiger partial charge in [-0.1, -0.05) is 46.9 Å². The maximum Gasteiger partial charge on any atom is 0.229 e. The minimum absolute atomic E-state index is 0.120. The van der Waals surface area contributed by atoms with E-state index in [0.717, 1.165) is 0 Å². The number of hydrogen-bond donors (Lipinski definition) is 1. The molecule has 2 amide bonds. The lowest BCUT2D eigenvalue weighted by molar-refractivity contribution is -0.122. The summed E-state index contributed by atoms with van der Waals surface area (Å²) in [6.07, 6.45) is 0.120. The van der Waals surface area contributed by atoms with E-state index >= 15 is 0 Å². The molecule has 0 aromatic heterocycles. The Labute approximate surface area is 154 Å². The van der Waals surface area contributed by atoms with Crippen molar-refractivity contribution in [3.05, 3.63) is 57.5 Å². The number of halogens is 3. The summed E-state index contributed by atoms with van der Waals surface area (Å²) in [5.74, 6) is -0.897. The van der Waals surface area contributed by atoms with E-state index in [1.807, 2.05) is 0 Å². The normalized spacial score (nSPS) is 17.2. The van der Waals surface area contributed by atoms with Crippen LogP contribution in [0.4, 0.5) is 11.4 Å². The van der Waals surface area contributed by atoms with Gasteiger partial charge in [0, 0.05) is 18.0 Å². The third kappa shape index (κ3) is 3.51. The number of nitrogens with one attached hydrogen (secondary N) is 1. The van der Waals surface area contributed by atoms with Crippen LogP contribution in [-0.4, -0.2) is 18.4 Å². The van der Waals surface area contributed by atoms with Gasteiger partial charge in [-0.15, -0.1) is 0 Å². The van der Waals surface area contributed by atoms with Crippen LogP contribution in [0.25, 0.3) is 0 Å². The molecule has 1 atom stereocenters. The van der Waals surface area contributed by atoms with E-state index in [1.54, 1.807) is 42.5 Å². The highest BCUT2D eigenvalue weighted by atomic mass is 35.5. The summed E-state index contributed by atoms with van der Waals surface area (Å²) in [5, 5.41) is 4.07. The molecule has 124 valence electrons. The molecule has 0 bridgehead atoms. The highest BCUT2D eigenvalue weighted by Gasteiger charge is 2.36. The Morgan fingerprint density at radius 1 is 1.08 bits per heavy atom. The van der Waals surface area contributed by atoms with Gasteiger partial charge in [0.1, 0.15) is 0 Å². The smallest absolute Gasteiger partial charge is 0.229 e. The maximum atomic E-state index is 12.5. The molecule has 24 heavy (non-hydrogen) atoms. The lowest BCUT2D eigenvalue weighted by Gasteiger charge is -2.18. The van der Waals surface area contributed by atoms with Gasteiger partial charge in [-0.2, -0.15) is 0 Å². The Kier molecular flexibility index (Phi) is 4.99. The van der Waals surface area contributed by atoms with E-state index < -0.39 is 5.92 Å². The van der Waals surface area contributed by atoms with E-state index in [-0.39, 0.29) is 24.8 Å². The number of amides is 2. The van der Waals surface area contributed by atoms with Gasteiger partial charge in [-0.3, -0.25) is 9.59 Å². The van der Waals surface area contributed by atoms with Gasteiger partial charge in [0.2, 0.25) is 11.8 Å². The fourth-order valence-corrected chi connectivity index (χ4v) is 3.19. The number of benzene rings is 2. The highest BCUT2D eigenvalue weighted by Crippen LogP contribution is 2.32. The molecule has 0 radical (unpaired) electrons. The van der Waals surface area contributed by atoms with Crippen molar-refractivity contribution in [3.8, 4) is 0 Å². The second kappa shape index (κ2) is 7.01. The van der Waals surface area contributed by atoms with Crippen molar-refractivity contribution in [3.63, 3.8) is 0 Å². The summed E-state index contributed by atoms with van der Waals surface area (Å²) in [6.45, 7) is 0.270. The molecule has 4 nitrogen and oxygen atoms in total. The minimum Gasteiger partial charge on any atom is -0.324 e. The number of carbonyl (C=O) groups is 2. The van der Waals surface area contributed by atoms with Gasteiger partial charge in [-0.25, -0.2) is 0 Å². The van der Waals surface area contributed by atoms with E-state index in [4.69, 9.17) is 34.8 Å².